The first kappa shape index (κ1) is 10.4. The number of nitrogens with one attached hydrogen (secondary N) is 1. The number of methoxy groups -OCH3 is 1. The first-order valence-electron chi connectivity index (χ1n) is 5.50. The summed E-state index contributed by atoms with van der Waals surface area (Å²) in [6.07, 6.45) is 3.18. The minimum Gasteiger partial charge on any atom is -0.481 e. The Morgan fingerprint density at radius 1 is 1.40 bits per heavy atom. The zero-order valence-corrected chi connectivity index (χ0v) is 9.36. The minimum atomic E-state index is 0.604. The van der Waals surface area contributed by atoms with Gasteiger partial charge in [-0.25, -0.2) is 4.98 Å². The van der Waals surface area contributed by atoms with Crippen LogP contribution in [0.5, 0.6) is 5.88 Å². The highest BCUT2D eigenvalue weighted by atomic mass is 16.5. The van der Waals surface area contributed by atoms with Crippen molar-refractivity contribution in [2.24, 2.45) is 5.92 Å². The summed E-state index contributed by atoms with van der Waals surface area (Å²) < 4.78 is 5.05. The van der Waals surface area contributed by atoms with Crippen LogP contribution in [0.3, 0.4) is 0 Å². The van der Waals surface area contributed by atoms with Crippen LogP contribution in [0.4, 0.5) is 0 Å². The van der Waals surface area contributed by atoms with Gasteiger partial charge in [0.2, 0.25) is 5.88 Å². The maximum absolute atomic E-state index is 5.05. The summed E-state index contributed by atoms with van der Waals surface area (Å²) in [5, 5.41) is 3.45. The lowest BCUT2D eigenvalue weighted by Gasteiger charge is -2.27. The summed E-state index contributed by atoms with van der Waals surface area (Å²) in [5.74, 6) is 2.05. The van der Waals surface area contributed by atoms with Gasteiger partial charge in [-0.3, -0.25) is 0 Å². The molecule has 1 saturated heterocycles. The molecule has 0 radical (unpaired) electrons. The van der Waals surface area contributed by atoms with Gasteiger partial charge in [0.05, 0.1) is 7.11 Å². The number of hydrogen-bond donors (Lipinski definition) is 1. The molecule has 3 heteroatoms. The molecule has 15 heavy (non-hydrogen) atoms. The Morgan fingerprint density at radius 3 is 2.87 bits per heavy atom. The molecule has 1 aromatic rings. The standard InChI is InChI=1S/C12H18N2O/c1-9-5-11(7-13-6-9)10-3-4-12(15-2)14-8-10/h3-4,8-9,11,13H,5-7H2,1-2H3/t9-,11-/m0/s1. The SMILES string of the molecule is COc1ccc([C@@H]2CNC[C@@H](C)C2)cn1. The van der Waals surface area contributed by atoms with E-state index in [-0.39, 0.29) is 0 Å². The largest absolute Gasteiger partial charge is 0.481 e. The van der Waals surface area contributed by atoms with Crippen LogP contribution in [0.2, 0.25) is 0 Å². The van der Waals surface area contributed by atoms with E-state index < -0.39 is 0 Å². The molecule has 1 aliphatic heterocycles. The molecule has 1 N–H and O–H groups in total. The zero-order valence-electron chi connectivity index (χ0n) is 9.36. The van der Waals surface area contributed by atoms with E-state index in [1.54, 1.807) is 7.11 Å². The van der Waals surface area contributed by atoms with Crippen LogP contribution in [0.25, 0.3) is 0 Å². The molecule has 82 valence electrons. The van der Waals surface area contributed by atoms with E-state index in [9.17, 15) is 0 Å². The molecule has 1 fully saturated rings. The van der Waals surface area contributed by atoms with E-state index in [1.165, 1.54) is 12.0 Å². The van der Waals surface area contributed by atoms with E-state index in [0.717, 1.165) is 19.0 Å². The topological polar surface area (TPSA) is 34.1 Å². The number of nitrogens with zero attached hydrogens (tertiary/aromatic N) is 1. The van der Waals surface area contributed by atoms with Crippen molar-refractivity contribution in [3.05, 3.63) is 23.9 Å². The molecule has 1 aromatic heterocycles. The monoisotopic (exact) mass is 206 g/mol. The van der Waals surface area contributed by atoms with Crippen molar-refractivity contribution in [2.75, 3.05) is 20.2 Å². The van der Waals surface area contributed by atoms with Gasteiger partial charge in [-0.05, 0) is 30.4 Å². The minimum absolute atomic E-state index is 0.604. The fourth-order valence-electron chi connectivity index (χ4n) is 2.16. The normalized spacial score (nSPS) is 26.3. The van der Waals surface area contributed by atoms with Gasteiger partial charge < -0.3 is 10.1 Å². The van der Waals surface area contributed by atoms with Crippen molar-refractivity contribution in [1.82, 2.24) is 10.3 Å². The molecule has 0 unspecified atom stereocenters. The number of rotatable bonds is 2. The Balaban J connectivity index is 2.07. The van der Waals surface area contributed by atoms with Gasteiger partial charge in [0.25, 0.3) is 0 Å². The Bertz CT molecular complexity index is 310. The highest BCUT2D eigenvalue weighted by Crippen LogP contribution is 2.26. The average molecular weight is 206 g/mol. The number of aromatic nitrogens is 1. The molecule has 2 rings (SSSR count). The third-order valence-corrected chi connectivity index (χ3v) is 3.01. The first-order valence-corrected chi connectivity index (χ1v) is 5.50. The van der Waals surface area contributed by atoms with Gasteiger partial charge in [0.1, 0.15) is 0 Å². The molecule has 0 saturated carbocycles. The smallest absolute Gasteiger partial charge is 0.212 e. The third-order valence-electron chi connectivity index (χ3n) is 3.01. The van der Waals surface area contributed by atoms with Crippen LogP contribution in [-0.4, -0.2) is 25.2 Å². The average Bonchev–Trinajstić information content (AvgIpc) is 2.29. The van der Waals surface area contributed by atoms with E-state index in [2.05, 4.69) is 23.3 Å². The predicted molar refractivity (Wildman–Crippen MR) is 60.2 cm³/mol. The van der Waals surface area contributed by atoms with E-state index in [0.29, 0.717) is 11.8 Å². The lowest BCUT2D eigenvalue weighted by molar-refractivity contribution is 0.362. The van der Waals surface area contributed by atoms with E-state index >= 15 is 0 Å². The van der Waals surface area contributed by atoms with Gasteiger partial charge in [0, 0.05) is 18.8 Å². The molecule has 0 spiro atoms. The molecular formula is C12H18N2O. The maximum Gasteiger partial charge on any atom is 0.212 e. The molecule has 3 nitrogen and oxygen atoms in total. The highest BCUT2D eigenvalue weighted by Gasteiger charge is 2.20. The quantitative estimate of drug-likeness (QED) is 0.801. The summed E-state index contributed by atoms with van der Waals surface area (Å²) in [5.41, 5.74) is 1.31. The van der Waals surface area contributed by atoms with Crippen molar-refractivity contribution in [1.29, 1.82) is 0 Å². The number of piperidine rings is 1. The van der Waals surface area contributed by atoms with Crippen molar-refractivity contribution in [3.8, 4) is 5.88 Å². The Hall–Kier alpha value is -1.09. The molecule has 2 atom stereocenters. The summed E-state index contributed by atoms with van der Waals surface area (Å²) in [6.45, 7) is 4.49. The van der Waals surface area contributed by atoms with Crippen LogP contribution >= 0.6 is 0 Å². The Kier molecular flexibility index (Phi) is 3.21. The van der Waals surface area contributed by atoms with Gasteiger partial charge in [0.15, 0.2) is 0 Å². The number of ether oxygens (including phenoxy) is 1. The van der Waals surface area contributed by atoms with Gasteiger partial charge in [-0.15, -0.1) is 0 Å². The Labute approximate surface area is 90.9 Å². The molecular weight excluding hydrogens is 188 g/mol. The van der Waals surface area contributed by atoms with Crippen molar-refractivity contribution in [2.45, 2.75) is 19.3 Å². The van der Waals surface area contributed by atoms with Crippen molar-refractivity contribution < 1.29 is 4.74 Å². The lowest BCUT2D eigenvalue weighted by Crippen LogP contribution is -2.33. The van der Waals surface area contributed by atoms with Gasteiger partial charge in [-0.2, -0.15) is 0 Å². The van der Waals surface area contributed by atoms with Crippen LogP contribution in [0.15, 0.2) is 18.3 Å². The summed E-state index contributed by atoms with van der Waals surface area (Å²) in [4.78, 5) is 4.25. The van der Waals surface area contributed by atoms with Crippen LogP contribution in [0, 0.1) is 5.92 Å². The van der Waals surface area contributed by atoms with Gasteiger partial charge >= 0.3 is 0 Å². The fourth-order valence-corrected chi connectivity index (χ4v) is 2.16. The molecule has 0 bridgehead atoms. The Morgan fingerprint density at radius 2 is 2.27 bits per heavy atom. The van der Waals surface area contributed by atoms with Crippen molar-refractivity contribution >= 4 is 0 Å². The highest BCUT2D eigenvalue weighted by molar-refractivity contribution is 5.22. The molecule has 2 heterocycles. The first-order chi connectivity index (χ1) is 7.29. The van der Waals surface area contributed by atoms with Gasteiger partial charge in [-0.1, -0.05) is 13.0 Å². The lowest BCUT2D eigenvalue weighted by atomic mass is 9.87. The molecule has 0 aliphatic carbocycles. The summed E-state index contributed by atoms with van der Waals surface area (Å²) in [6, 6.07) is 4.06. The summed E-state index contributed by atoms with van der Waals surface area (Å²) >= 11 is 0. The molecule has 0 aromatic carbocycles. The van der Waals surface area contributed by atoms with E-state index in [1.807, 2.05) is 12.3 Å². The van der Waals surface area contributed by atoms with Crippen LogP contribution in [-0.2, 0) is 0 Å². The second-order valence-electron chi connectivity index (χ2n) is 4.33. The second kappa shape index (κ2) is 4.62. The molecule has 0 amide bonds. The predicted octanol–water partition coefficient (Wildman–Crippen LogP) is 1.80. The van der Waals surface area contributed by atoms with Crippen LogP contribution in [0.1, 0.15) is 24.8 Å². The fraction of sp³-hybridized carbons (Fsp3) is 0.583. The summed E-state index contributed by atoms with van der Waals surface area (Å²) in [7, 11) is 1.65. The second-order valence-corrected chi connectivity index (χ2v) is 4.33. The zero-order chi connectivity index (χ0) is 10.7. The van der Waals surface area contributed by atoms with Crippen molar-refractivity contribution in [3.63, 3.8) is 0 Å². The van der Waals surface area contributed by atoms with E-state index in [4.69, 9.17) is 4.74 Å². The molecule has 1 aliphatic rings. The number of hydrogen-bond acceptors (Lipinski definition) is 3. The third kappa shape index (κ3) is 2.48. The number of pyridine rings is 1. The maximum atomic E-state index is 5.05. The van der Waals surface area contributed by atoms with Crippen LogP contribution < -0.4 is 10.1 Å².